The van der Waals surface area contributed by atoms with Gasteiger partial charge in [-0.2, -0.15) is 0 Å². The van der Waals surface area contributed by atoms with E-state index in [1.807, 2.05) is 0 Å². The number of benzene rings is 1. The van der Waals surface area contributed by atoms with Crippen LogP contribution in [0.25, 0.3) is 0 Å². The lowest BCUT2D eigenvalue weighted by Crippen LogP contribution is -2.00. The summed E-state index contributed by atoms with van der Waals surface area (Å²) in [6.07, 6.45) is 0.566. The van der Waals surface area contributed by atoms with Crippen LogP contribution in [0.3, 0.4) is 0 Å². The fourth-order valence-corrected chi connectivity index (χ4v) is 1.23. The van der Waals surface area contributed by atoms with Gasteiger partial charge < -0.3 is 9.47 Å². The van der Waals surface area contributed by atoms with Gasteiger partial charge in [-0.15, -0.1) is 0 Å². The molecule has 0 heterocycles. The Bertz CT molecular complexity index is 336. The van der Waals surface area contributed by atoms with E-state index in [9.17, 15) is 9.18 Å². The number of rotatable bonds is 4. The molecule has 0 aliphatic heterocycles. The van der Waals surface area contributed by atoms with Crippen molar-refractivity contribution in [1.29, 1.82) is 0 Å². The number of ether oxygens (including phenoxy) is 2. The van der Waals surface area contributed by atoms with E-state index < -0.39 is 5.82 Å². The molecule has 4 heteroatoms. The maximum atomic E-state index is 13.1. The largest absolute Gasteiger partial charge is 0.493 e. The summed E-state index contributed by atoms with van der Waals surface area (Å²) in [5.74, 6) is -0.580. The van der Waals surface area contributed by atoms with E-state index >= 15 is 0 Å². The monoisotopic (exact) mass is 198 g/mol. The SMILES string of the molecule is COCc1ccc(F)c(OC)c1C=O. The molecule has 14 heavy (non-hydrogen) atoms. The number of carbonyl (C=O) groups is 1. The van der Waals surface area contributed by atoms with Gasteiger partial charge in [-0.1, -0.05) is 6.07 Å². The molecule has 1 rings (SSSR count). The Labute approximate surface area is 81.4 Å². The Morgan fingerprint density at radius 2 is 2.14 bits per heavy atom. The van der Waals surface area contributed by atoms with E-state index in [4.69, 9.17) is 9.47 Å². The zero-order chi connectivity index (χ0) is 10.6. The van der Waals surface area contributed by atoms with Crippen LogP contribution in [0.5, 0.6) is 5.75 Å². The lowest BCUT2D eigenvalue weighted by molar-refractivity contribution is 0.111. The molecule has 3 nitrogen and oxygen atoms in total. The highest BCUT2D eigenvalue weighted by Gasteiger charge is 2.12. The summed E-state index contributed by atoms with van der Waals surface area (Å²) in [4.78, 5) is 10.7. The lowest BCUT2D eigenvalue weighted by atomic mass is 10.1. The van der Waals surface area contributed by atoms with Crippen LogP contribution in [0.15, 0.2) is 12.1 Å². The van der Waals surface area contributed by atoms with Gasteiger partial charge in [0.05, 0.1) is 19.3 Å². The standard InChI is InChI=1S/C10H11FO3/c1-13-6-7-3-4-9(11)10(14-2)8(7)5-12/h3-5H,6H2,1-2H3. The van der Waals surface area contributed by atoms with E-state index in [2.05, 4.69) is 0 Å². The van der Waals surface area contributed by atoms with Crippen molar-refractivity contribution in [2.75, 3.05) is 14.2 Å². The molecule has 0 saturated carbocycles. The summed E-state index contributed by atoms with van der Waals surface area (Å²) >= 11 is 0. The Kier molecular flexibility index (Phi) is 3.59. The molecule has 0 saturated heterocycles. The first kappa shape index (κ1) is 10.7. The van der Waals surface area contributed by atoms with Gasteiger partial charge in [0.15, 0.2) is 17.9 Å². The van der Waals surface area contributed by atoms with Gasteiger partial charge >= 0.3 is 0 Å². The molecule has 76 valence electrons. The molecule has 0 spiro atoms. The number of carbonyl (C=O) groups excluding carboxylic acids is 1. The minimum atomic E-state index is -0.547. The fraction of sp³-hybridized carbons (Fsp3) is 0.300. The number of aldehydes is 1. The quantitative estimate of drug-likeness (QED) is 0.692. The minimum Gasteiger partial charge on any atom is -0.493 e. The second-order valence-corrected chi connectivity index (χ2v) is 2.70. The van der Waals surface area contributed by atoms with E-state index in [0.717, 1.165) is 0 Å². The van der Waals surface area contributed by atoms with Crippen LogP contribution in [0.2, 0.25) is 0 Å². The van der Waals surface area contributed by atoms with Gasteiger partial charge in [0.2, 0.25) is 0 Å². The maximum absolute atomic E-state index is 13.1. The van der Waals surface area contributed by atoms with E-state index in [1.165, 1.54) is 26.4 Å². The number of hydrogen-bond donors (Lipinski definition) is 0. The molecule has 0 amide bonds. The normalized spacial score (nSPS) is 9.93. The van der Waals surface area contributed by atoms with Crippen molar-refractivity contribution >= 4 is 6.29 Å². The second-order valence-electron chi connectivity index (χ2n) is 2.70. The van der Waals surface area contributed by atoms with Crippen molar-refractivity contribution in [3.8, 4) is 5.75 Å². The van der Waals surface area contributed by atoms with Crippen LogP contribution in [-0.2, 0) is 11.3 Å². The highest BCUT2D eigenvalue weighted by molar-refractivity contribution is 5.81. The molecule has 0 bridgehead atoms. The second kappa shape index (κ2) is 4.72. The molecular weight excluding hydrogens is 187 g/mol. The van der Waals surface area contributed by atoms with E-state index in [0.29, 0.717) is 11.8 Å². The predicted octanol–water partition coefficient (Wildman–Crippen LogP) is 1.79. The van der Waals surface area contributed by atoms with Gasteiger partial charge in [0.25, 0.3) is 0 Å². The van der Waals surface area contributed by atoms with Crippen LogP contribution in [0.1, 0.15) is 15.9 Å². The molecule has 0 aliphatic rings. The van der Waals surface area contributed by atoms with Crippen LogP contribution < -0.4 is 4.74 Å². The van der Waals surface area contributed by atoms with Crippen LogP contribution >= 0.6 is 0 Å². The van der Waals surface area contributed by atoms with Gasteiger partial charge in [0.1, 0.15) is 0 Å². The van der Waals surface area contributed by atoms with Crippen molar-refractivity contribution in [3.63, 3.8) is 0 Å². The van der Waals surface area contributed by atoms with Crippen molar-refractivity contribution in [3.05, 3.63) is 29.1 Å². The summed E-state index contributed by atoms with van der Waals surface area (Å²) in [7, 11) is 2.83. The average Bonchev–Trinajstić information content (AvgIpc) is 2.20. The van der Waals surface area contributed by atoms with Crippen LogP contribution in [0.4, 0.5) is 4.39 Å². The fourth-order valence-electron chi connectivity index (χ4n) is 1.23. The number of hydrogen-bond acceptors (Lipinski definition) is 3. The first-order chi connectivity index (χ1) is 6.74. The lowest BCUT2D eigenvalue weighted by Gasteiger charge is -2.09. The first-order valence-corrected chi connectivity index (χ1v) is 4.04. The topological polar surface area (TPSA) is 35.5 Å². The highest BCUT2D eigenvalue weighted by Crippen LogP contribution is 2.24. The van der Waals surface area contributed by atoms with Crippen molar-refractivity contribution in [2.24, 2.45) is 0 Å². The van der Waals surface area contributed by atoms with Crippen molar-refractivity contribution < 1.29 is 18.7 Å². The number of methoxy groups -OCH3 is 2. The van der Waals surface area contributed by atoms with Crippen molar-refractivity contribution in [1.82, 2.24) is 0 Å². The summed E-state index contributed by atoms with van der Waals surface area (Å²) < 4.78 is 22.8. The van der Waals surface area contributed by atoms with Gasteiger partial charge in [-0.25, -0.2) is 4.39 Å². The number of halogens is 1. The van der Waals surface area contributed by atoms with E-state index in [-0.39, 0.29) is 17.9 Å². The molecular formula is C10H11FO3. The Hall–Kier alpha value is -1.42. The van der Waals surface area contributed by atoms with Gasteiger partial charge in [-0.3, -0.25) is 4.79 Å². The Morgan fingerprint density at radius 1 is 1.43 bits per heavy atom. The average molecular weight is 198 g/mol. The van der Waals surface area contributed by atoms with Gasteiger partial charge in [-0.05, 0) is 11.6 Å². The third-order valence-electron chi connectivity index (χ3n) is 1.86. The molecule has 1 aromatic carbocycles. The summed E-state index contributed by atoms with van der Waals surface area (Å²) in [5, 5.41) is 0. The summed E-state index contributed by atoms with van der Waals surface area (Å²) in [6.45, 7) is 0.255. The molecule has 0 radical (unpaired) electrons. The molecule has 1 aromatic rings. The zero-order valence-corrected chi connectivity index (χ0v) is 8.04. The molecule has 0 unspecified atom stereocenters. The molecule has 0 N–H and O–H groups in total. The molecule has 0 aromatic heterocycles. The first-order valence-electron chi connectivity index (χ1n) is 4.04. The predicted molar refractivity (Wildman–Crippen MR) is 49.1 cm³/mol. The zero-order valence-electron chi connectivity index (χ0n) is 8.04. The van der Waals surface area contributed by atoms with Crippen molar-refractivity contribution in [2.45, 2.75) is 6.61 Å². The van der Waals surface area contributed by atoms with E-state index in [1.54, 1.807) is 0 Å². The maximum Gasteiger partial charge on any atom is 0.165 e. The van der Waals surface area contributed by atoms with Crippen LogP contribution in [-0.4, -0.2) is 20.5 Å². The summed E-state index contributed by atoms with van der Waals surface area (Å²) in [5.41, 5.74) is 0.815. The third-order valence-corrected chi connectivity index (χ3v) is 1.86. The Morgan fingerprint density at radius 3 is 2.64 bits per heavy atom. The smallest absolute Gasteiger partial charge is 0.165 e. The van der Waals surface area contributed by atoms with Gasteiger partial charge in [0, 0.05) is 7.11 Å². The molecule has 0 atom stereocenters. The minimum absolute atomic E-state index is 0.0328. The molecule has 0 aliphatic carbocycles. The Balaban J connectivity index is 3.25. The van der Waals surface area contributed by atoms with Crippen LogP contribution in [0, 0.1) is 5.82 Å². The molecule has 0 fully saturated rings. The third kappa shape index (κ3) is 1.90. The highest BCUT2D eigenvalue weighted by atomic mass is 19.1. The summed E-state index contributed by atoms with van der Waals surface area (Å²) in [6, 6.07) is 2.76.